The third kappa shape index (κ3) is 6.56. The number of hydrogen-bond acceptors (Lipinski definition) is 6. The van der Waals surface area contributed by atoms with E-state index in [0.29, 0.717) is 18.8 Å². The lowest BCUT2D eigenvalue weighted by molar-refractivity contribution is -0.154. The molecule has 0 aromatic carbocycles. The molecule has 1 aliphatic heterocycles. The number of ether oxygens (including phenoxy) is 3. The predicted octanol–water partition coefficient (Wildman–Crippen LogP) is 4.54. The molecule has 158 valence electrons. The van der Waals surface area contributed by atoms with E-state index < -0.39 is 5.60 Å². The highest BCUT2D eigenvalue weighted by Crippen LogP contribution is 2.27. The molecule has 0 bridgehead atoms. The molecule has 7 nitrogen and oxygen atoms in total. The van der Waals surface area contributed by atoms with Crippen molar-refractivity contribution in [2.45, 2.75) is 71.1 Å². The molecule has 7 heteroatoms. The first kappa shape index (κ1) is 21.3. The van der Waals surface area contributed by atoms with Gasteiger partial charge in [-0.1, -0.05) is 0 Å². The Kier molecular flexibility index (Phi) is 7.25. The van der Waals surface area contributed by atoms with E-state index in [1.165, 1.54) is 0 Å². The summed E-state index contributed by atoms with van der Waals surface area (Å²) in [6.07, 6.45) is 8.65. The predicted molar refractivity (Wildman–Crippen MR) is 109 cm³/mol. The minimum Gasteiger partial charge on any atom is -0.492 e. The van der Waals surface area contributed by atoms with E-state index >= 15 is 0 Å². The molecule has 0 saturated carbocycles. The van der Waals surface area contributed by atoms with Gasteiger partial charge in [0.25, 0.3) is 0 Å². The van der Waals surface area contributed by atoms with Gasteiger partial charge in [0.05, 0.1) is 24.2 Å². The van der Waals surface area contributed by atoms with Gasteiger partial charge in [0.15, 0.2) is 6.23 Å². The Morgan fingerprint density at radius 3 is 2.79 bits per heavy atom. The maximum absolute atomic E-state index is 11.7. The van der Waals surface area contributed by atoms with Gasteiger partial charge in [-0.25, -0.2) is 4.68 Å². The van der Waals surface area contributed by atoms with E-state index in [1.807, 2.05) is 43.7 Å². The van der Waals surface area contributed by atoms with Gasteiger partial charge >= 0.3 is 5.97 Å². The monoisotopic (exact) mass is 401 g/mol. The maximum Gasteiger partial charge on any atom is 0.306 e. The van der Waals surface area contributed by atoms with Gasteiger partial charge in [-0.3, -0.25) is 9.78 Å². The number of carbonyl (C=O) groups is 1. The summed E-state index contributed by atoms with van der Waals surface area (Å²) in [5.74, 6) is 0.549. The Hall–Kier alpha value is -2.41. The number of rotatable bonds is 8. The lowest BCUT2D eigenvalue weighted by atomic mass is 10.2. The van der Waals surface area contributed by atoms with Crippen molar-refractivity contribution in [1.29, 1.82) is 0 Å². The second kappa shape index (κ2) is 9.87. The molecule has 1 saturated heterocycles. The number of nitrogens with zero attached hydrogens (tertiary/aromatic N) is 3. The first-order valence-electron chi connectivity index (χ1n) is 10.4. The van der Waals surface area contributed by atoms with Crippen molar-refractivity contribution < 1.29 is 19.0 Å². The molecule has 0 radical (unpaired) electrons. The Bertz CT molecular complexity index is 774. The quantitative estimate of drug-likeness (QED) is 0.478. The minimum absolute atomic E-state index is 0.0172. The normalized spacial score (nSPS) is 17.1. The Morgan fingerprint density at radius 2 is 2.10 bits per heavy atom. The molecule has 1 unspecified atom stereocenters. The fourth-order valence-electron chi connectivity index (χ4n) is 3.23. The highest BCUT2D eigenvalue weighted by atomic mass is 16.6. The van der Waals surface area contributed by atoms with Crippen LogP contribution in [0.3, 0.4) is 0 Å². The fourth-order valence-corrected chi connectivity index (χ4v) is 3.23. The van der Waals surface area contributed by atoms with Gasteiger partial charge < -0.3 is 14.2 Å². The van der Waals surface area contributed by atoms with Gasteiger partial charge in [-0.05, 0) is 71.1 Å². The average molecular weight is 402 g/mol. The molecule has 0 aliphatic carbocycles. The first-order valence-corrected chi connectivity index (χ1v) is 10.4. The van der Waals surface area contributed by atoms with Gasteiger partial charge in [-0.15, -0.1) is 0 Å². The zero-order valence-corrected chi connectivity index (χ0v) is 17.6. The van der Waals surface area contributed by atoms with Crippen molar-refractivity contribution in [1.82, 2.24) is 14.8 Å². The van der Waals surface area contributed by atoms with Crippen molar-refractivity contribution >= 4 is 5.97 Å². The van der Waals surface area contributed by atoms with E-state index in [1.54, 1.807) is 12.4 Å². The zero-order chi connectivity index (χ0) is 20.7. The molecule has 1 atom stereocenters. The molecule has 2 aromatic rings. The molecule has 0 N–H and O–H groups in total. The highest BCUT2D eigenvalue weighted by Gasteiger charge is 2.20. The smallest absolute Gasteiger partial charge is 0.306 e. The molecule has 3 heterocycles. The van der Waals surface area contributed by atoms with E-state index in [2.05, 4.69) is 10.1 Å². The van der Waals surface area contributed by atoms with Crippen molar-refractivity contribution in [2.75, 3.05) is 13.2 Å². The summed E-state index contributed by atoms with van der Waals surface area (Å²) >= 11 is 0. The van der Waals surface area contributed by atoms with Crippen molar-refractivity contribution in [3.05, 3.63) is 30.6 Å². The Morgan fingerprint density at radius 1 is 1.24 bits per heavy atom. The summed E-state index contributed by atoms with van der Waals surface area (Å²) in [6, 6.07) is 5.80. The van der Waals surface area contributed by atoms with Crippen LogP contribution >= 0.6 is 0 Å². The summed E-state index contributed by atoms with van der Waals surface area (Å²) in [5, 5.41) is 4.43. The van der Waals surface area contributed by atoms with E-state index in [0.717, 1.165) is 50.1 Å². The summed E-state index contributed by atoms with van der Waals surface area (Å²) in [6.45, 7) is 6.94. The molecule has 0 amide bonds. The van der Waals surface area contributed by atoms with Crippen LogP contribution in [0.15, 0.2) is 30.6 Å². The topological polar surface area (TPSA) is 75.5 Å². The third-order valence-electron chi connectivity index (χ3n) is 4.56. The summed E-state index contributed by atoms with van der Waals surface area (Å²) in [4.78, 5) is 16.2. The average Bonchev–Trinajstić information content (AvgIpc) is 3.17. The number of esters is 1. The SMILES string of the molecule is CC(C)(C)OC(=O)CCCCOc1ccc(-c2ccnn2C2CCCCO2)nc1. The van der Waals surface area contributed by atoms with Gasteiger partial charge in [0.2, 0.25) is 0 Å². The van der Waals surface area contributed by atoms with Gasteiger partial charge in [0, 0.05) is 19.2 Å². The summed E-state index contributed by atoms with van der Waals surface area (Å²) in [7, 11) is 0. The van der Waals surface area contributed by atoms with Crippen LogP contribution in [0, 0.1) is 0 Å². The van der Waals surface area contributed by atoms with Gasteiger partial charge in [-0.2, -0.15) is 5.10 Å². The van der Waals surface area contributed by atoms with Crippen LogP contribution in [-0.4, -0.2) is 39.5 Å². The van der Waals surface area contributed by atoms with Crippen LogP contribution in [0.5, 0.6) is 5.75 Å². The van der Waals surface area contributed by atoms with E-state index in [-0.39, 0.29) is 12.2 Å². The van der Waals surface area contributed by atoms with Crippen molar-refractivity contribution in [3.63, 3.8) is 0 Å². The molecular weight excluding hydrogens is 370 g/mol. The molecule has 3 rings (SSSR count). The van der Waals surface area contributed by atoms with Crippen LogP contribution in [0.2, 0.25) is 0 Å². The van der Waals surface area contributed by atoms with Crippen molar-refractivity contribution in [3.8, 4) is 17.1 Å². The number of carbonyl (C=O) groups excluding carboxylic acids is 1. The van der Waals surface area contributed by atoms with Crippen LogP contribution < -0.4 is 4.74 Å². The van der Waals surface area contributed by atoms with Crippen LogP contribution in [0.4, 0.5) is 0 Å². The highest BCUT2D eigenvalue weighted by molar-refractivity contribution is 5.69. The van der Waals surface area contributed by atoms with Crippen molar-refractivity contribution in [2.24, 2.45) is 0 Å². The molecule has 2 aromatic heterocycles. The second-order valence-corrected chi connectivity index (χ2v) is 8.25. The summed E-state index contributed by atoms with van der Waals surface area (Å²) in [5.41, 5.74) is 1.36. The number of aromatic nitrogens is 3. The van der Waals surface area contributed by atoms with Gasteiger partial charge in [0.1, 0.15) is 11.4 Å². The summed E-state index contributed by atoms with van der Waals surface area (Å²) < 4.78 is 18.8. The lowest BCUT2D eigenvalue weighted by Crippen LogP contribution is -2.23. The minimum atomic E-state index is -0.431. The first-order chi connectivity index (χ1) is 13.9. The second-order valence-electron chi connectivity index (χ2n) is 8.25. The fraction of sp³-hybridized carbons (Fsp3) is 0.591. The largest absolute Gasteiger partial charge is 0.492 e. The number of pyridine rings is 1. The lowest BCUT2D eigenvalue weighted by Gasteiger charge is -2.24. The standard InChI is InChI=1S/C22H31N3O4/c1-22(2,3)29-21(26)9-5-7-14-27-17-10-11-18(23-16-17)19-12-13-24-25(19)20-8-4-6-15-28-20/h10-13,16,20H,4-9,14-15H2,1-3H3. The Labute approximate surface area is 172 Å². The number of hydrogen-bond donors (Lipinski definition) is 0. The maximum atomic E-state index is 11.7. The van der Waals surface area contributed by atoms with Crippen LogP contribution in [0.25, 0.3) is 11.4 Å². The van der Waals surface area contributed by atoms with Crippen LogP contribution in [-0.2, 0) is 14.3 Å². The number of unbranched alkanes of at least 4 members (excludes halogenated alkanes) is 1. The molecule has 0 spiro atoms. The molecule has 1 fully saturated rings. The molecular formula is C22H31N3O4. The van der Waals surface area contributed by atoms with E-state index in [4.69, 9.17) is 14.2 Å². The van der Waals surface area contributed by atoms with Crippen LogP contribution in [0.1, 0.15) is 65.5 Å². The molecule has 29 heavy (non-hydrogen) atoms. The van der Waals surface area contributed by atoms with E-state index in [9.17, 15) is 4.79 Å². The molecule has 1 aliphatic rings. The zero-order valence-electron chi connectivity index (χ0n) is 17.6. The third-order valence-corrected chi connectivity index (χ3v) is 4.56. The Balaban J connectivity index is 1.45.